The van der Waals surface area contributed by atoms with Crippen LogP contribution in [0.4, 0.5) is 0 Å². The molecule has 0 radical (unpaired) electrons. The molecule has 1 unspecified atom stereocenters. The quantitative estimate of drug-likeness (QED) is 0.714. The van der Waals surface area contributed by atoms with Gasteiger partial charge in [0.15, 0.2) is 0 Å². The molecule has 0 saturated carbocycles. The molecule has 1 rings (SSSR count). The molecular formula is C10H13ClO. The molecule has 0 fully saturated rings. The maximum atomic E-state index is 9.42. The Bertz CT molecular complexity index is 247. The second kappa shape index (κ2) is 4.36. The predicted molar refractivity (Wildman–Crippen MR) is 51.6 cm³/mol. The van der Waals surface area contributed by atoms with E-state index in [1.807, 2.05) is 12.1 Å². The van der Waals surface area contributed by atoms with Crippen LogP contribution in [0.1, 0.15) is 30.7 Å². The summed E-state index contributed by atoms with van der Waals surface area (Å²) in [6.07, 6.45) is 1.93. The molecule has 1 atom stereocenters. The van der Waals surface area contributed by atoms with Gasteiger partial charge in [-0.05, 0) is 12.5 Å². The second-order valence-electron chi connectivity index (χ2n) is 2.82. The molecule has 1 aromatic carbocycles. The Morgan fingerprint density at radius 1 is 1.42 bits per heavy atom. The van der Waals surface area contributed by atoms with E-state index in [2.05, 4.69) is 6.92 Å². The molecule has 0 aliphatic rings. The highest BCUT2D eigenvalue weighted by Gasteiger charge is 2.09. The van der Waals surface area contributed by atoms with E-state index in [0.717, 1.165) is 18.4 Å². The molecule has 12 heavy (non-hydrogen) atoms. The van der Waals surface area contributed by atoms with Gasteiger partial charge < -0.3 is 5.11 Å². The minimum absolute atomic E-state index is 0.0591. The van der Waals surface area contributed by atoms with Crippen molar-refractivity contribution >= 4 is 11.6 Å². The van der Waals surface area contributed by atoms with Gasteiger partial charge in [-0.25, -0.2) is 0 Å². The highest BCUT2D eigenvalue weighted by atomic mass is 35.5. The maximum Gasteiger partial charge on any atom is 0.120 e. The first-order valence-electron chi connectivity index (χ1n) is 4.17. The lowest BCUT2D eigenvalue weighted by Gasteiger charge is -2.09. The Labute approximate surface area is 78.0 Å². The SMILES string of the molecule is CCCC(Cl)c1ccccc1O. The zero-order valence-corrected chi connectivity index (χ0v) is 7.88. The number of para-hydroxylation sites is 1. The lowest BCUT2D eigenvalue weighted by atomic mass is 10.1. The molecule has 0 spiro atoms. The summed E-state index contributed by atoms with van der Waals surface area (Å²) in [4.78, 5) is 0. The van der Waals surface area contributed by atoms with Crippen LogP contribution in [0.2, 0.25) is 0 Å². The number of phenols is 1. The van der Waals surface area contributed by atoms with E-state index in [-0.39, 0.29) is 5.38 Å². The van der Waals surface area contributed by atoms with E-state index in [1.54, 1.807) is 12.1 Å². The number of halogens is 1. The predicted octanol–water partition coefficient (Wildman–Crippen LogP) is 3.47. The minimum Gasteiger partial charge on any atom is -0.508 e. The summed E-state index contributed by atoms with van der Waals surface area (Å²) < 4.78 is 0. The summed E-state index contributed by atoms with van der Waals surface area (Å²) >= 11 is 6.05. The first-order chi connectivity index (χ1) is 5.75. The summed E-state index contributed by atoms with van der Waals surface area (Å²) in [6, 6.07) is 7.22. The average Bonchev–Trinajstić information content (AvgIpc) is 2.05. The van der Waals surface area contributed by atoms with Crippen LogP contribution in [-0.2, 0) is 0 Å². The van der Waals surface area contributed by atoms with Gasteiger partial charge in [0.25, 0.3) is 0 Å². The number of hydrogen-bond donors (Lipinski definition) is 1. The molecule has 0 amide bonds. The molecular weight excluding hydrogens is 172 g/mol. The Balaban J connectivity index is 2.79. The fourth-order valence-corrected chi connectivity index (χ4v) is 1.56. The van der Waals surface area contributed by atoms with E-state index >= 15 is 0 Å². The van der Waals surface area contributed by atoms with Crippen LogP contribution < -0.4 is 0 Å². The Hall–Kier alpha value is -0.690. The lowest BCUT2D eigenvalue weighted by molar-refractivity contribution is 0.466. The Morgan fingerprint density at radius 3 is 2.67 bits per heavy atom. The summed E-state index contributed by atoms with van der Waals surface area (Å²) in [5.41, 5.74) is 0.834. The van der Waals surface area contributed by atoms with Crippen LogP contribution in [-0.4, -0.2) is 5.11 Å². The van der Waals surface area contributed by atoms with Crippen molar-refractivity contribution in [2.24, 2.45) is 0 Å². The third-order valence-corrected chi connectivity index (χ3v) is 2.27. The zero-order chi connectivity index (χ0) is 8.97. The number of benzene rings is 1. The van der Waals surface area contributed by atoms with Gasteiger partial charge in [-0.2, -0.15) is 0 Å². The number of rotatable bonds is 3. The van der Waals surface area contributed by atoms with Crippen molar-refractivity contribution in [3.05, 3.63) is 29.8 Å². The van der Waals surface area contributed by atoms with Crippen LogP contribution in [0.5, 0.6) is 5.75 Å². The average molecular weight is 185 g/mol. The smallest absolute Gasteiger partial charge is 0.120 e. The van der Waals surface area contributed by atoms with Gasteiger partial charge in [-0.15, -0.1) is 11.6 Å². The first-order valence-corrected chi connectivity index (χ1v) is 4.61. The van der Waals surface area contributed by atoms with Crippen molar-refractivity contribution in [3.8, 4) is 5.75 Å². The number of alkyl halides is 1. The third-order valence-electron chi connectivity index (χ3n) is 1.82. The van der Waals surface area contributed by atoms with Crippen LogP contribution >= 0.6 is 11.6 Å². The molecule has 0 heterocycles. The second-order valence-corrected chi connectivity index (χ2v) is 3.34. The fraction of sp³-hybridized carbons (Fsp3) is 0.400. The largest absolute Gasteiger partial charge is 0.508 e. The monoisotopic (exact) mass is 184 g/mol. The molecule has 66 valence electrons. The number of hydrogen-bond acceptors (Lipinski definition) is 1. The third kappa shape index (κ3) is 2.15. The van der Waals surface area contributed by atoms with E-state index in [4.69, 9.17) is 11.6 Å². The van der Waals surface area contributed by atoms with E-state index in [1.165, 1.54) is 0 Å². The Kier molecular flexibility index (Phi) is 3.42. The van der Waals surface area contributed by atoms with Crippen molar-refractivity contribution in [1.29, 1.82) is 0 Å². The minimum atomic E-state index is -0.0591. The lowest BCUT2D eigenvalue weighted by Crippen LogP contribution is -1.89. The van der Waals surface area contributed by atoms with Crippen molar-refractivity contribution in [1.82, 2.24) is 0 Å². The Morgan fingerprint density at radius 2 is 2.08 bits per heavy atom. The van der Waals surface area contributed by atoms with E-state index < -0.39 is 0 Å². The van der Waals surface area contributed by atoms with Crippen LogP contribution in [0, 0.1) is 0 Å². The summed E-state index contributed by atoms with van der Waals surface area (Å²) in [5.74, 6) is 0.297. The topological polar surface area (TPSA) is 20.2 Å². The van der Waals surface area contributed by atoms with Crippen LogP contribution in [0.25, 0.3) is 0 Å². The van der Waals surface area contributed by atoms with E-state index in [9.17, 15) is 5.11 Å². The van der Waals surface area contributed by atoms with Gasteiger partial charge in [-0.1, -0.05) is 31.5 Å². The van der Waals surface area contributed by atoms with Gasteiger partial charge in [0.1, 0.15) is 5.75 Å². The zero-order valence-electron chi connectivity index (χ0n) is 7.13. The molecule has 0 aromatic heterocycles. The fourth-order valence-electron chi connectivity index (χ4n) is 1.16. The highest BCUT2D eigenvalue weighted by Crippen LogP contribution is 2.31. The molecule has 0 bridgehead atoms. The molecule has 1 N–H and O–H groups in total. The highest BCUT2D eigenvalue weighted by molar-refractivity contribution is 6.21. The number of aromatic hydroxyl groups is 1. The van der Waals surface area contributed by atoms with Crippen LogP contribution in [0.15, 0.2) is 24.3 Å². The maximum absolute atomic E-state index is 9.42. The van der Waals surface area contributed by atoms with Crippen molar-refractivity contribution < 1.29 is 5.11 Å². The van der Waals surface area contributed by atoms with Crippen molar-refractivity contribution in [2.75, 3.05) is 0 Å². The molecule has 1 aromatic rings. The normalized spacial score (nSPS) is 12.8. The van der Waals surface area contributed by atoms with Crippen molar-refractivity contribution in [2.45, 2.75) is 25.1 Å². The van der Waals surface area contributed by atoms with Gasteiger partial charge in [0, 0.05) is 5.56 Å². The van der Waals surface area contributed by atoms with E-state index in [0.29, 0.717) is 5.75 Å². The van der Waals surface area contributed by atoms with Gasteiger partial charge in [0.05, 0.1) is 5.38 Å². The van der Waals surface area contributed by atoms with Gasteiger partial charge >= 0.3 is 0 Å². The molecule has 0 aliphatic carbocycles. The number of phenolic OH excluding ortho intramolecular Hbond substituents is 1. The van der Waals surface area contributed by atoms with Crippen LogP contribution in [0.3, 0.4) is 0 Å². The van der Waals surface area contributed by atoms with Gasteiger partial charge in [0.2, 0.25) is 0 Å². The first kappa shape index (κ1) is 9.40. The summed E-state index contributed by atoms with van der Waals surface area (Å²) in [7, 11) is 0. The summed E-state index contributed by atoms with van der Waals surface area (Å²) in [6.45, 7) is 2.08. The standard InChI is InChI=1S/C10H13ClO/c1-2-5-9(11)8-6-3-4-7-10(8)12/h3-4,6-7,9,12H,2,5H2,1H3. The summed E-state index contributed by atoms with van der Waals surface area (Å²) in [5, 5.41) is 9.36. The van der Waals surface area contributed by atoms with Gasteiger partial charge in [-0.3, -0.25) is 0 Å². The van der Waals surface area contributed by atoms with Crippen molar-refractivity contribution in [3.63, 3.8) is 0 Å². The molecule has 1 nitrogen and oxygen atoms in total. The molecule has 2 heteroatoms. The molecule has 0 aliphatic heterocycles. The molecule has 0 saturated heterocycles.